The average Bonchev–Trinajstić information content (AvgIpc) is 3.91. The van der Waals surface area contributed by atoms with Gasteiger partial charge in [-0.2, -0.15) is 0 Å². The van der Waals surface area contributed by atoms with E-state index < -0.39 is 0 Å². The molecule has 6 aromatic carbocycles. The number of aromatic nitrogens is 3. The topological polar surface area (TPSA) is 46.6 Å². The zero-order valence-electron chi connectivity index (χ0n) is 33.8. The number of aryl methyl sites for hydroxylation is 2. The van der Waals surface area contributed by atoms with Gasteiger partial charge in [0.2, 0.25) is 0 Å². The lowest BCUT2D eigenvalue weighted by Crippen LogP contribution is -2.14. The van der Waals surface area contributed by atoms with Crippen molar-refractivity contribution in [3.8, 4) is 33.6 Å². The van der Waals surface area contributed by atoms with Crippen molar-refractivity contribution < 1.29 is 4.42 Å². The van der Waals surface area contributed by atoms with Crippen molar-refractivity contribution >= 4 is 66.3 Å². The van der Waals surface area contributed by atoms with E-state index in [2.05, 4.69) is 183 Å². The third-order valence-electron chi connectivity index (χ3n) is 12.0. The van der Waals surface area contributed by atoms with Crippen LogP contribution < -0.4 is 4.90 Å². The first-order chi connectivity index (χ1) is 28.7. The van der Waals surface area contributed by atoms with Crippen LogP contribution in [0.25, 0.3) is 82.9 Å². The van der Waals surface area contributed by atoms with E-state index in [4.69, 9.17) is 14.4 Å². The van der Waals surface area contributed by atoms with E-state index >= 15 is 0 Å². The van der Waals surface area contributed by atoms with Crippen LogP contribution >= 0.6 is 0 Å². The fourth-order valence-electron chi connectivity index (χ4n) is 9.41. The molecule has 0 unspecified atom stereocenters. The van der Waals surface area contributed by atoms with Crippen LogP contribution in [0.15, 0.2) is 168 Å². The highest BCUT2D eigenvalue weighted by molar-refractivity contribution is 6.27. The first kappa shape index (κ1) is 35.0. The van der Waals surface area contributed by atoms with E-state index in [1.54, 1.807) is 0 Å². The highest BCUT2D eigenvalue weighted by Gasteiger charge is 2.28. The Labute approximate surface area is 343 Å². The Balaban J connectivity index is 1.26. The summed E-state index contributed by atoms with van der Waals surface area (Å²) < 4.78 is 9.54. The molecule has 0 aliphatic carbocycles. The summed E-state index contributed by atoms with van der Waals surface area (Å²) in [5.74, 6) is 0. The van der Waals surface area contributed by atoms with E-state index in [0.717, 1.165) is 72.6 Å². The monoisotopic (exact) mass is 762 g/mol. The molecule has 0 aliphatic rings. The Kier molecular flexibility index (Phi) is 7.79. The molecule has 59 heavy (non-hydrogen) atoms. The van der Waals surface area contributed by atoms with Gasteiger partial charge in [0.15, 0.2) is 5.58 Å². The highest BCUT2D eigenvalue weighted by atomic mass is 16.3. The van der Waals surface area contributed by atoms with Gasteiger partial charge in [0.05, 0.1) is 39.2 Å². The molecule has 0 atom stereocenters. The van der Waals surface area contributed by atoms with Crippen LogP contribution in [0.4, 0.5) is 17.1 Å². The number of anilines is 3. The Bertz CT molecular complexity index is 3370. The zero-order valence-corrected chi connectivity index (χ0v) is 33.8. The maximum absolute atomic E-state index is 7.13. The summed E-state index contributed by atoms with van der Waals surface area (Å²) in [7, 11) is 0. The average molecular weight is 763 g/mol. The second-order valence-electron chi connectivity index (χ2n) is 16.8. The molecular weight excluding hydrogens is 721 g/mol. The number of furan rings is 1. The largest absolute Gasteiger partial charge is 0.454 e. The van der Waals surface area contributed by atoms with Crippen molar-refractivity contribution in [3.05, 3.63) is 181 Å². The lowest BCUT2D eigenvalue weighted by molar-refractivity contribution is 0.592. The normalized spacial score (nSPS) is 12.2. The maximum atomic E-state index is 7.13. The molecule has 0 saturated carbocycles. The lowest BCUT2D eigenvalue weighted by Gasteiger charge is -2.30. The van der Waals surface area contributed by atoms with Crippen LogP contribution in [0.1, 0.15) is 37.5 Å². The van der Waals surface area contributed by atoms with E-state index in [0.29, 0.717) is 0 Å². The Hall–Kier alpha value is -7.24. The van der Waals surface area contributed by atoms with Crippen LogP contribution in [0.5, 0.6) is 0 Å². The van der Waals surface area contributed by atoms with Crippen molar-refractivity contribution in [3.63, 3.8) is 0 Å². The molecule has 0 N–H and O–H groups in total. The van der Waals surface area contributed by atoms with Crippen molar-refractivity contribution in [1.82, 2.24) is 14.4 Å². The molecule has 0 spiro atoms. The predicted molar refractivity (Wildman–Crippen MR) is 246 cm³/mol. The molecule has 0 saturated heterocycles. The third kappa shape index (κ3) is 5.45. The van der Waals surface area contributed by atoms with Gasteiger partial charge in [0.1, 0.15) is 11.1 Å². The van der Waals surface area contributed by atoms with Crippen LogP contribution in [0.3, 0.4) is 0 Å². The van der Waals surface area contributed by atoms with Crippen molar-refractivity contribution in [2.24, 2.45) is 0 Å². The molecule has 0 bridgehead atoms. The second kappa shape index (κ2) is 13.2. The van der Waals surface area contributed by atoms with Crippen LogP contribution in [-0.2, 0) is 5.41 Å². The van der Waals surface area contributed by atoms with E-state index in [1.165, 1.54) is 44.1 Å². The molecule has 0 aliphatic heterocycles. The second-order valence-corrected chi connectivity index (χ2v) is 16.8. The summed E-state index contributed by atoms with van der Waals surface area (Å²) >= 11 is 0. The smallest absolute Gasteiger partial charge is 0.161 e. The van der Waals surface area contributed by atoms with Crippen LogP contribution in [-0.4, -0.2) is 14.4 Å². The Morgan fingerprint density at radius 3 is 1.95 bits per heavy atom. The van der Waals surface area contributed by atoms with Crippen molar-refractivity contribution in [2.75, 3.05) is 4.90 Å². The summed E-state index contributed by atoms with van der Waals surface area (Å²) in [5.41, 5.74) is 18.0. The molecule has 11 aromatic rings. The minimum Gasteiger partial charge on any atom is -0.454 e. The third-order valence-corrected chi connectivity index (χ3v) is 12.0. The van der Waals surface area contributed by atoms with Gasteiger partial charge in [0, 0.05) is 51.4 Å². The molecule has 5 aromatic heterocycles. The number of hydrogen-bond acceptors (Lipinski definition) is 4. The van der Waals surface area contributed by atoms with Gasteiger partial charge in [-0.15, -0.1) is 0 Å². The SMILES string of the molecule is Cc1cccc(C)c1N(c1cc(-c2ccccn2)cc(-c2ccccc2C(C)(C)C)c1)c1cc(-c2ccccn2)c2c(c1)oc1c3cccc4c5ccccc5n(c43)c12. The number of fused-ring (bicyclic) bond motifs is 8. The number of benzene rings is 6. The van der Waals surface area contributed by atoms with Crippen molar-refractivity contribution in [1.29, 1.82) is 0 Å². The Morgan fingerprint density at radius 2 is 1.19 bits per heavy atom. The van der Waals surface area contributed by atoms with Gasteiger partial charge in [-0.05, 0) is 108 Å². The molecule has 11 rings (SSSR count). The highest BCUT2D eigenvalue weighted by Crippen LogP contribution is 2.49. The molecule has 5 heterocycles. The standard InChI is InChI=1S/C54H42N4O/c1-33-16-14-17-34(2)50(33)57(37-29-35(28-36(30-37)45-23-10-12-26-55-45)39-18-6-8-22-44(39)54(3,4)5)38-31-43(46-24-11-13-27-56-46)49-48(32-38)59-53-42-21-15-20-41-40-19-7-9-25-47(40)58(51(41)42)52(49)53/h6-32H,1-5H3. The van der Waals surface area contributed by atoms with Gasteiger partial charge in [-0.1, -0.05) is 106 Å². The van der Waals surface area contributed by atoms with Crippen LogP contribution in [0, 0.1) is 13.8 Å². The summed E-state index contributed by atoms with van der Waals surface area (Å²) in [4.78, 5) is 12.3. The fourth-order valence-corrected chi connectivity index (χ4v) is 9.41. The molecule has 5 heteroatoms. The molecule has 0 fully saturated rings. The van der Waals surface area contributed by atoms with Gasteiger partial charge in [-0.25, -0.2) is 0 Å². The zero-order chi connectivity index (χ0) is 40.0. The maximum Gasteiger partial charge on any atom is 0.161 e. The summed E-state index contributed by atoms with van der Waals surface area (Å²) in [5, 5.41) is 4.62. The molecular formula is C54H42N4O. The molecule has 0 radical (unpaired) electrons. The quantitative estimate of drug-likeness (QED) is 0.169. The minimum atomic E-state index is -0.0679. The molecule has 0 amide bonds. The first-order valence-electron chi connectivity index (χ1n) is 20.3. The summed E-state index contributed by atoms with van der Waals surface area (Å²) in [6, 6.07) is 54.3. The number of nitrogens with zero attached hydrogens (tertiary/aromatic N) is 4. The molecule has 5 nitrogen and oxygen atoms in total. The number of pyridine rings is 2. The van der Waals surface area contributed by atoms with E-state index in [1.807, 2.05) is 24.5 Å². The minimum absolute atomic E-state index is 0.0679. The van der Waals surface area contributed by atoms with E-state index in [9.17, 15) is 0 Å². The summed E-state index contributed by atoms with van der Waals surface area (Å²) in [6.45, 7) is 11.3. The first-order valence-corrected chi connectivity index (χ1v) is 20.3. The summed E-state index contributed by atoms with van der Waals surface area (Å²) in [6.07, 6.45) is 3.75. The number of rotatable bonds is 6. The fraction of sp³-hybridized carbons (Fsp3) is 0.111. The lowest BCUT2D eigenvalue weighted by atomic mass is 9.81. The predicted octanol–water partition coefficient (Wildman–Crippen LogP) is 14.8. The van der Waals surface area contributed by atoms with Gasteiger partial charge in [0.25, 0.3) is 0 Å². The van der Waals surface area contributed by atoms with E-state index in [-0.39, 0.29) is 5.41 Å². The van der Waals surface area contributed by atoms with Crippen LogP contribution in [0.2, 0.25) is 0 Å². The van der Waals surface area contributed by atoms with Gasteiger partial charge < -0.3 is 13.7 Å². The van der Waals surface area contributed by atoms with Gasteiger partial charge in [-0.3, -0.25) is 9.97 Å². The van der Waals surface area contributed by atoms with Crippen molar-refractivity contribution in [2.45, 2.75) is 40.0 Å². The Morgan fingerprint density at radius 1 is 0.542 bits per heavy atom. The van der Waals surface area contributed by atoms with Gasteiger partial charge >= 0.3 is 0 Å². The molecule has 284 valence electrons. The number of hydrogen-bond donors (Lipinski definition) is 0. The number of para-hydroxylation sites is 3.